The van der Waals surface area contributed by atoms with E-state index in [0.29, 0.717) is 0 Å². The lowest BCUT2D eigenvalue weighted by atomic mass is 9.75. The maximum Gasteiger partial charge on any atom is 0.128 e. The predicted molar refractivity (Wildman–Crippen MR) is 79.0 cm³/mol. The topological polar surface area (TPSA) is 16.1 Å². The second-order valence-electron chi connectivity index (χ2n) is 5.78. The summed E-state index contributed by atoms with van der Waals surface area (Å²) in [6.07, 6.45) is 7.14. The molecule has 1 aliphatic carbocycles. The van der Waals surface area contributed by atoms with E-state index in [-0.39, 0.29) is 0 Å². The average Bonchev–Trinajstić information content (AvgIpc) is 2.41. The molecule has 1 aromatic rings. The van der Waals surface area contributed by atoms with Crippen LogP contribution in [-0.2, 0) is 0 Å². The first-order valence-electron chi connectivity index (χ1n) is 7.12. The number of anilines is 1. The molecule has 2 heterocycles. The van der Waals surface area contributed by atoms with Gasteiger partial charge in [-0.1, -0.05) is 19.3 Å². The number of hydrogen-bond acceptors (Lipinski definition) is 2. The normalized spacial score (nSPS) is 28.0. The van der Waals surface area contributed by atoms with Crippen molar-refractivity contribution in [2.24, 2.45) is 11.8 Å². The van der Waals surface area contributed by atoms with Gasteiger partial charge in [0.1, 0.15) is 5.82 Å². The van der Waals surface area contributed by atoms with E-state index in [9.17, 15) is 0 Å². The summed E-state index contributed by atoms with van der Waals surface area (Å²) in [5.74, 6) is 3.07. The second kappa shape index (κ2) is 5.20. The molecule has 2 aliphatic rings. The largest absolute Gasteiger partial charge is 0.356 e. The Hall–Kier alpha value is -0.570. The van der Waals surface area contributed by atoms with Gasteiger partial charge < -0.3 is 4.90 Å². The van der Waals surface area contributed by atoms with E-state index in [1.807, 2.05) is 0 Å². The molecule has 1 aromatic heterocycles. The van der Waals surface area contributed by atoms with Gasteiger partial charge in [-0.2, -0.15) is 0 Å². The van der Waals surface area contributed by atoms with E-state index in [2.05, 4.69) is 39.9 Å². The lowest BCUT2D eigenvalue weighted by Crippen LogP contribution is -2.42. The number of rotatable bonds is 1. The average molecular weight is 309 g/mol. The highest BCUT2D eigenvalue weighted by Crippen LogP contribution is 2.37. The quantitative estimate of drug-likeness (QED) is 0.774. The highest BCUT2D eigenvalue weighted by Gasteiger charge is 2.31. The zero-order chi connectivity index (χ0) is 12.5. The molecule has 3 rings (SSSR count). The number of aromatic nitrogens is 1. The Morgan fingerprint density at radius 1 is 1.17 bits per heavy atom. The number of aryl methyl sites for hydroxylation is 1. The third-order valence-corrected chi connectivity index (χ3v) is 5.46. The van der Waals surface area contributed by atoms with Crippen molar-refractivity contribution >= 4 is 21.7 Å². The van der Waals surface area contributed by atoms with Gasteiger partial charge in [0.25, 0.3) is 0 Å². The number of pyridine rings is 1. The van der Waals surface area contributed by atoms with Crippen molar-refractivity contribution in [3.8, 4) is 0 Å². The number of halogens is 1. The van der Waals surface area contributed by atoms with Gasteiger partial charge >= 0.3 is 0 Å². The molecule has 0 amide bonds. The molecule has 1 saturated heterocycles. The summed E-state index contributed by atoms with van der Waals surface area (Å²) >= 11 is 3.53. The zero-order valence-corrected chi connectivity index (χ0v) is 12.6. The Balaban J connectivity index is 1.75. The first kappa shape index (κ1) is 12.5. The van der Waals surface area contributed by atoms with Crippen LogP contribution in [0.2, 0.25) is 0 Å². The Labute approximate surface area is 118 Å². The van der Waals surface area contributed by atoms with Gasteiger partial charge in [-0.15, -0.1) is 0 Å². The number of fused-ring (bicyclic) bond motifs is 1. The summed E-state index contributed by atoms with van der Waals surface area (Å²) in [4.78, 5) is 7.21. The molecular formula is C15H21BrN2. The Morgan fingerprint density at radius 3 is 2.72 bits per heavy atom. The zero-order valence-electron chi connectivity index (χ0n) is 11.0. The summed E-state index contributed by atoms with van der Waals surface area (Å²) in [7, 11) is 0. The van der Waals surface area contributed by atoms with E-state index in [1.54, 1.807) is 0 Å². The standard InChI is InChI=1S/C15H21BrN2/c1-11-14(16)6-7-15(17-11)18-9-8-12-4-2-3-5-13(12)10-18/h6-7,12-13H,2-5,8-10H2,1H3. The van der Waals surface area contributed by atoms with Crippen LogP contribution >= 0.6 is 15.9 Å². The molecule has 3 heteroatoms. The molecule has 0 N–H and O–H groups in total. The highest BCUT2D eigenvalue weighted by molar-refractivity contribution is 9.10. The smallest absolute Gasteiger partial charge is 0.128 e. The lowest BCUT2D eigenvalue weighted by molar-refractivity contribution is 0.202. The minimum atomic E-state index is 0.915. The van der Waals surface area contributed by atoms with Crippen molar-refractivity contribution in [1.29, 1.82) is 0 Å². The molecular weight excluding hydrogens is 288 g/mol. The monoisotopic (exact) mass is 308 g/mol. The number of hydrogen-bond donors (Lipinski definition) is 0. The van der Waals surface area contributed by atoms with Gasteiger partial charge in [-0.25, -0.2) is 4.98 Å². The Bertz CT molecular complexity index is 433. The van der Waals surface area contributed by atoms with Crippen molar-refractivity contribution < 1.29 is 0 Å². The van der Waals surface area contributed by atoms with Gasteiger partial charge in [-0.05, 0) is 59.7 Å². The molecule has 2 atom stereocenters. The Morgan fingerprint density at radius 2 is 1.94 bits per heavy atom. The molecule has 2 unspecified atom stereocenters. The predicted octanol–water partition coefficient (Wildman–Crippen LogP) is 4.17. The van der Waals surface area contributed by atoms with E-state index < -0.39 is 0 Å². The maximum atomic E-state index is 4.71. The molecule has 1 saturated carbocycles. The summed E-state index contributed by atoms with van der Waals surface area (Å²) in [6.45, 7) is 4.48. The molecule has 2 nitrogen and oxygen atoms in total. The van der Waals surface area contributed by atoms with Crippen LogP contribution in [0.4, 0.5) is 5.82 Å². The van der Waals surface area contributed by atoms with Crippen LogP contribution in [0, 0.1) is 18.8 Å². The van der Waals surface area contributed by atoms with E-state index >= 15 is 0 Å². The summed E-state index contributed by atoms with van der Waals surface area (Å²) in [6, 6.07) is 4.28. The fraction of sp³-hybridized carbons (Fsp3) is 0.667. The van der Waals surface area contributed by atoms with Gasteiger partial charge in [0.05, 0.1) is 5.69 Å². The SMILES string of the molecule is Cc1nc(N2CCC3CCCCC3C2)ccc1Br. The molecule has 2 fully saturated rings. The van der Waals surface area contributed by atoms with Crippen molar-refractivity contribution in [3.05, 3.63) is 22.3 Å². The molecule has 0 aromatic carbocycles. The lowest BCUT2D eigenvalue weighted by Gasteiger charge is -2.41. The van der Waals surface area contributed by atoms with Crippen molar-refractivity contribution in [1.82, 2.24) is 4.98 Å². The van der Waals surface area contributed by atoms with E-state index in [1.165, 1.54) is 51.0 Å². The van der Waals surface area contributed by atoms with Crippen LogP contribution in [0.5, 0.6) is 0 Å². The molecule has 98 valence electrons. The molecule has 0 spiro atoms. The summed E-state index contributed by atoms with van der Waals surface area (Å²) < 4.78 is 1.11. The first-order valence-corrected chi connectivity index (χ1v) is 7.91. The summed E-state index contributed by atoms with van der Waals surface area (Å²) in [5.41, 5.74) is 1.10. The first-order chi connectivity index (χ1) is 8.74. The van der Waals surface area contributed by atoms with Crippen LogP contribution < -0.4 is 4.90 Å². The molecule has 18 heavy (non-hydrogen) atoms. The number of nitrogens with zero attached hydrogens (tertiary/aromatic N) is 2. The molecule has 0 radical (unpaired) electrons. The van der Waals surface area contributed by atoms with Crippen LogP contribution in [0.25, 0.3) is 0 Å². The minimum Gasteiger partial charge on any atom is -0.356 e. The molecule has 1 aliphatic heterocycles. The second-order valence-corrected chi connectivity index (χ2v) is 6.63. The van der Waals surface area contributed by atoms with Crippen molar-refractivity contribution in [3.63, 3.8) is 0 Å². The summed E-state index contributed by atoms with van der Waals surface area (Å²) in [5, 5.41) is 0. The van der Waals surface area contributed by atoms with Crippen LogP contribution in [-0.4, -0.2) is 18.1 Å². The minimum absolute atomic E-state index is 0.915. The third kappa shape index (κ3) is 2.42. The van der Waals surface area contributed by atoms with Gasteiger partial charge in [-0.3, -0.25) is 0 Å². The fourth-order valence-electron chi connectivity index (χ4n) is 3.52. The van der Waals surface area contributed by atoms with Crippen LogP contribution in [0.15, 0.2) is 16.6 Å². The van der Waals surface area contributed by atoms with Gasteiger partial charge in [0, 0.05) is 17.6 Å². The van der Waals surface area contributed by atoms with Crippen LogP contribution in [0.1, 0.15) is 37.8 Å². The van der Waals surface area contributed by atoms with Crippen molar-refractivity contribution in [2.75, 3.05) is 18.0 Å². The van der Waals surface area contributed by atoms with Crippen molar-refractivity contribution in [2.45, 2.75) is 39.0 Å². The van der Waals surface area contributed by atoms with Crippen LogP contribution in [0.3, 0.4) is 0 Å². The highest BCUT2D eigenvalue weighted by atomic mass is 79.9. The Kier molecular flexibility index (Phi) is 3.60. The van der Waals surface area contributed by atoms with E-state index in [4.69, 9.17) is 4.98 Å². The van der Waals surface area contributed by atoms with E-state index in [0.717, 1.165) is 22.0 Å². The van der Waals surface area contributed by atoms with Gasteiger partial charge in [0.2, 0.25) is 0 Å². The third-order valence-electron chi connectivity index (χ3n) is 4.62. The molecule has 0 bridgehead atoms. The maximum absolute atomic E-state index is 4.71. The fourth-order valence-corrected chi connectivity index (χ4v) is 3.74. The van der Waals surface area contributed by atoms with Gasteiger partial charge in [0.15, 0.2) is 0 Å². The number of piperidine rings is 1.